The van der Waals surface area contributed by atoms with Gasteiger partial charge in [0.1, 0.15) is 0 Å². The largest absolute Gasteiger partial charge is 0.305 e. The number of rotatable bonds is 2. The van der Waals surface area contributed by atoms with Crippen molar-refractivity contribution in [3.05, 3.63) is 77.1 Å². The Labute approximate surface area is 126 Å². The summed E-state index contributed by atoms with van der Waals surface area (Å²) >= 11 is 0. The average Bonchev–Trinajstić information content (AvgIpc) is 2.99. The fourth-order valence-electron chi connectivity index (χ4n) is 2.71. The van der Waals surface area contributed by atoms with E-state index < -0.39 is 0 Å². The van der Waals surface area contributed by atoms with Crippen LogP contribution >= 0.6 is 0 Å². The van der Waals surface area contributed by atoms with Gasteiger partial charge in [-0.15, -0.1) is 0 Å². The van der Waals surface area contributed by atoms with Crippen molar-refractivity contribution in [2.24, 2.45) is 0 Å². The van der Waals surface area contributed by atoms with Crippen LogP contribution in [0.5, 0.6) is 0 Å². The minimum absolute atomic E-state index is 0.155. The van der Waals surface area contributed by atoms with E-state index in [4.69, 9.17) is 0 Å². The van der Waals surface area contributed by atoms with Crippen LogP contribution in [-0.4, -0.2) is 15.2 Å². The van der Waals surface area contributed by atoms with E-state index in [0.717, 1.165) is 27.8 Å². The van der Waals surface area contributed by atoms with Gasteiger partial charge in [-0.2, -0.15) is 5.10 Å². The van der Waals surface area contributed by atoms with Gasteiger partial charge in [0, 0.05) is 17.2 Å². The van der Waals surface area contributed by atoms with Crippen LogP contribution in [0.3, 0.4) is 0 Å². The fourth-order valence-corrected chi connectivity index (χ4v) is 2.71. The molecule has 0 radical (unpaired) electrons. The third-order valence-corrected chi connectivity index (χ3v) is 3.70. The molecule has 0 amide bonds. The SMILES string of the molecule is O=c1cc(-c2ccccc2)c2c(-c3ccccc3)[nH]nc2[nH]1. The van der Waals surface area contributed by atoms with Crippen molar-refractivity contribution in [3.8, 4) is 22.4 Å². The van der Waals surface area contributed by atoms with Crippen molar-refractivity contribution >= 4 is 11.0 Å². The Kier molecular flexibility index (Phi) is 2.86. The second kappa shape index (κ2) is 5.00. The summed E-state index contributed by atoms with van der Waals surface area (Å²) in [4.78, 5) is 14.7. The van der Waals surface area contributed by atoms with Gasteiger partial charge in [-0.3, -0.25) is 9.89 Å². The monoisotopic (exact) mass is 287 g/mol. The average molecular weight is 287 g/mol. The van der Waals surface area contributed by atoms with E-state index >= 15 is 0 Å². The molecule has 0 aliphatic heterocycles. The summed E-state index contributed by atoms with van der Waals surface area (Å²) in [7, 11) is 0. The number of benzene rings is 2. The standard InChI is InChI=1S/C18H13N3O/c22-15-11-14(12-7-3-1-4-8-12)16-17(20-21-18(16)19-15)13-9-5-2-6-10-13/h1-11H,(H2,19,20,21,22). The summed E-state index contributed by atoms with van der Waals surface area (Å²) in [6.45, 7) is 0. The lowest BCUT2D eigenvalue weighted by molar-refractivity contribution is 1.09. The van der Waals surface area contributed by atoms with E-state index in [0.29, 0.717) is 5.65 Å². The minimum atomic E-state index is -0.155. The van der Waals surface area contributed by atoms with Crippen LogP contribution in [0.25, 0.3) is 33.4 Å². The lowest BCUT2D eigenvalue weighted by atomic mass is 10.00. The van der Waals surface area contributed by atoms with Gasteiger partial charge >= 0.3 is 0 Å². The summed E-state index contributed by atoms with van der Waals surface area (Å²) in [5.41, 5.74) is 4.24. The fraction of sp³-hybridized carbons (Fsp3) is 0. The first kappa shape index (κ1) is 12.6. The Bertz CT molecular complexity index is 985. The van der Waals surface area contributed by atoms with Crippen LogP contribution in [0.15, 0.2) is 71.5 Å². The van der Waals surface area contributed by atoms with Crippen molar-refractivity contribution in [1.82, 2.24) is 15.2 Å². The number of aromatic nitrogens is 3. The second-order valence-corrected chi connectivity index (χ2v) is 5.10. The summed E-state index contributed by atoms with van der Waals surface area (Å²) in [6.07, 6.45) is 0. The van der Waals surface area contributed by atoms with Gasteiger partial charge in [-0.05, 0) is 5.56 Å². The topological polar surface area (TPSA) is 61.5 Å². The maximum absolute atomic E-state index is 11.9. The highest BCUT2D eigenvalue weighted by atomic mass is 16.1. The molecule has 0 saturated carbocycles. The Hall–Kier alpha value is -3.14. The normalized spacial score (nSPS) is 10.9. The quantitative estimate of drug-likeness (QED) is 0.592. The lowest BCUT2D eigenvalue weighted by Crippen LogP contribution is -2.04. The van der Waals surface area contributed by atoms with Gasteiger partial charge < -0.3 is 4.98 Å². The smallest absolute Gasteiger partial charge is 0.250 e. The molecular weight excluding hydrogens is 274 g/mol. The molecule has 0 spiro atoms. The highest BCUT2D eigenvalue weighted by Gasteiger charge is 2.14. The molecule has 22 heavy (non-hydrogen) atoms. The molecule has 106 valence electrons. The highest BCUT2D eigenvalue weighted by Crippen LogP contribution is 2.32. The van der Waals surface area contributed by atoms with Gasteiger partial charge in [0.15, 0.2) is 5.65 Å². The number of hydrogen-bond donors (Lipinski definition) is 2. The summed E-state index contributed by atoms with van der Waals surface area (Å²) < 4.78 is 0. The van der Waals surface area contributed by atoms with Crippen molar-refractivity contribution in [3.63, 3.8) is 0 Å². The molecule has 0 saturated heterocycles. The molecule has 0 aliphatic rings. The van der Waals surface area contributed by atoms with Crippen LogP contribution in [0, 0.1) is 0 Å². The van der Waals surface area contributed by atoms with E-state index in [9.17, 15) is 4.79 Å². The number of aromatic amines is 2. The zero-order valence-electron chi connectivity index (χ0n) is 11.7. The lowest BCUT2D eigenvalue weighted by Gasteiger charge is -2.05. The molecule has 4 nitrogen and oxygen atoms in total. The summed E-state index contributed by atoms with van der Waals surface area (Å²) in [6, 6.07) is 21.5. The Morgan fingerprint density at radius 2 is 1.45 bits per heavy atom. The number of nitrogens with zero attached hydrogens (tertiary/aromatic N) is 1. The molecule has 4 heteroatoms. The maximum Gasteiger partial charge on any atom is 0.250 e. The Balaban J connectivity index is 2.08. The minimum Gasteiger partial charge on any atom is -0.305 e. The van der Waals surface area contributed by atoms with E-state index in [1.807, 2.05) is 60.7 Å². The first-order valence-electron chi connectivity index (χ1n) is 7.05. The molecule has 0 aliphatic carbocycles. The van der Waals surface area contributed by atoms with Gasteiger partial charge in [0.25, 0.3) is 0 Å². The van der Waals surface area contributed by atoms with Crippen LogP contribution in [0.4, 0.5) is 0 Å². The van der Waals surface area contributed by atoms with Crippen molar-refractivity contribution in [1.29, 1.82) is 0 Å². The number of H-pyrrole nitrogens is 2. The summed E-state index contributed by atoms with van der Waals surface area (Å²) in [5, 5.41) is 8.24. The number of pyridine rings is 1. The van der Waals surface area contributed by atoms with Crippen LogP contribution in [0.1, 0.15) is 0 Å². The number of hydrogen-bond acceptors (Lipinski definition) is 2. The maximum atomic E-state index is 11.9. The van der Waals surface area contributed by atoms with E-state index in [1.54, 1.807) is 6.07 Å². The first-order chi connectivity index (χ1) is 10.8. The van der Waals surface area contributed by atoms with Crippen molar-refractivity contribution < 1.29 is 0 Å². The zero-order chi connectivity index (χ0) is 14.9. The molecule has 0 atom stereocenters. The highest BCUT2D eigenvalue weighted by molar-refractivity contribution is 6.02. The molecule has 0 bridgehead atoms. The molecule has 2 aromatic carbocycles. The first-order valence-corrected chi connectivity index (χ1v) is 7.05. The number of nitrogens with one attached hydrogen (secondary N) is 2. The molecule has 4 aromatic rings. The van der Waals surface area contributed by atoms with Gasteiger partial charge in [-0.1, -0.05) is 60.7 Å². The molecule has 2 N–H and O–H groups in total. The van der Waals surface area contributed by atoms with Crippen molar-refractivity contribution in [2.45, 2.75) is 0 Å². The molecular formula is C18H13N3O. The molecule has 0 fully saturated rings. The van der Waals surface area contributed by atoms with Crippen LogP contribution in [0.2, 0.25) is 0 Å². The Morgan fingerprint density at radius 1 is 0.818 bits per heavy atom. The van der Waals surface area contributed by atoms with Crippen LogP contribution < -0.4 is 5.56 Å². The molecule has 4 rings (SSSR count). The predicted molar refractivity (Wildman–Crippen MR) is 87.6 cm³/mol. The van der Waals surface area contributed by atoms with Gasteiger partial charge in [0.2, 0.25) is 5.56 Å². The molecule has 2 aromatic heterocycles. The van der Waals surface area contributed by atoms with Gasteiger partial charge in [0.05, 0.1) is 11.1 Å². The summed E-state index contributed by atoms with van der Waals surface area (Å²) in [5.74, 6) is 0. The third-order valence-electron chi connectivity index (χ3n) is 3.70. The van der Waals surface area contributed by atoms with Gasteiger partial charge in [-0.25, -0.2) is 0 Å². The second-order valence-electron chi connectivity index (χ2n) is 5.10. The molecule has 2 heterocycles. The molecule has 0 unspecified atom stereocenters. The van der Waals surface area contributed by atoms with E-state index in [1.165, 1.54) is 0 Å². The van der Waals surface area contributed by atoms with Crippen molar-refractivity contribution in [2.75, 3.05) is 0 Å². The van der Waals surface area contributed by atoms with E-state index in [2.05, 4.69) is 15.2 Å². The number of fused-ring (bicyclic) bond motifs is 1. The zero-order valence-corrected chi connectivity index (χ0v) is 11.7. The third kappa shape index (κ3) is 2.02. The predicted octanol–water partition coefficient (Wildman–Crippen LogP) is 3.59. The van der Waals surface area contributed by atoms with Crippen LogP contribution in [-0.2, 0) is 0 Å². The Morgan fingerprint density at radius 3 is 2.14 bits per heavy atom. The van der Waals surface area contributed by atoms with E-state index in [-0.39, 0.29) is 5.56 Å².